The van der Waals surface area contributed by atoms with Crippen molar-refractivity contribution in [3.8, 4) is 0 Å². The van der Waals surface area contributed by atoms with Gasteiger partial charge in [-0.1, -0.05) is 77.8 Å². The van der Waals surface area contributed by atoms with Gasteiger partial charge in [-0.2, -0.15) is 0 Å². The standard InChI is InChI=1S/C11H14.2C2H6/c1-5-8-9-11(7-3)10(4)6-2;2*1-2/h5-9H,2-4H2,1H3;2*1-2H3/b8-5-,11-9-;;. The molecule has 0 N–H and O–H groups in total. The summed E-state index contributed by atoms with van der Waals surface area (Å²) in [6.07, 6.45) is 9.35. The summed E-state index contributed by atoms with van der Waals surface area (Å²) in [6.45, 7) is 21.1. The average Bonchev–Trinajstić information content (AvgIpc) is 2.34. The van der Waals surface area contributed by atoms with Gasteiger partial charge in [-0.25, -0.2) is 0 Å². The highest BCUT2D eigenvalue weighted by atomic mass is 13.9. The number of hydrogen-bond donors (Lipinski definition) is 0. The predicted octanol–water partition coefficient (Wildman–Crippen LogP) is 5.47. The van der Waals surface area contributed by atoms with Gasteiger partial charge in [0.25, 0.3) is 0 Å². The number of hydrogen-bond acceptors (Lipinski definition) is 0. The van der Waals surface area contributed by atoms with E-state index in [-0.39, 0.29) is 0 Å². The molecule has 86 valence electrons. The van der Waals surface area contributed by atoms with Crippen LogP contribution < -0.4 is 0 Å². The van der Waals surface area contributed by atoms with Gasteiger partial charge in [0.1, 0.15) is 0 Å². The van der Waals surface area contributed by atoms with Crippen LogP contribution in [0.1, 0.15) is 34.6 Å². The Morgan fingerprint density at radius 2 is 1.40 bits per heavy atom. The van der Waals surface area contributed by atoms with Gasteiger partial charge in [-0.05, 0) is 18.1 Å². The maximum atomic E-state index is 3.81. The first kappa shape index (κ1) is 19.3. The fourth-order valence-electron chi connectivity index (χ4n) is 0.624. The lowest BCUT2D eigenvalue weighted by Crippen LogP contribution is -1.77. The summed E-state index contributed by atoms with van der Waals surface area (Å²) in [6, 6.07) is 0. The molecule has 0 heteroatoms. The van der Waals surface area contributed by atoms with Crippen LogP contribution in [0.2, 0.25) is 0 Å². The molecule has 0 aromatic carbocycles. The van der Waals surface area contributed by atoms with Crippen molar-refractivity contribution in [3.63, 3.8) is 0 Å². The third-order valence-corrected chi connectivity index (χ3v) is 1.31. The third-order valence-electron chi connectivity index (χ3n) is 1.31. The zero-order chi connectivity index (χ0) is 12.7. The average molecular weight is 206 g/mol. The number of rotatable bonds is 4. The Kier molecular flexibility index (Phi) is 23.8. The first-order chi connectivity index (χ1) is 7.26. The Hall–Kier alpha value is -1.30. The molecule has 0 fully saturated rings. The van der Waals surface area contributed by atoms with E-state index in [1.807, 2.05) is 52.8 Å². The van der Waals surface area contributed by atoms with E-state index >= 15 is 0 Å². The Labute approximate surface area is 96.4 Å². The molecule has 0 amide bonds. The fourth-order valence-corrected chi connectivity index (χ4v) is 0.624. The van der Waals surface area contributed by atoms with Crippen molar-refractivity contribution >= 4 is 0 Å². The van der Waals surface area contributed by atoms with Crippen LogP contribution >= 0.6 is 0 Å². The monoisotopic (exact) mass is 206 g/mol. The molecule has 0 atom stereocenters. The van der Waals surface area contributed by atoms with Crippen molar-refractivity contribution in [3.05, 3.63) is 61.3 Å². The molecule has 0 bridgehead atoms. The van der Waals surface area contributed by atoms with Gasteiger partial charge in [-0.15, -0.1) is 0 Å². The molecule has 0 aromatic heterocycles. The van der Waals surface area contributed by atoms with E-state index in [0.29, 0.717) is 0 Å². The van der Waals surface area contributed by atoms with Crippen LogP contribution in [0.5, 0.6) is 0 Å². The highest BCUT2D eigenvalue weighted by molar-refractivity contribution is 5.44. The normalized spacial score (nSPS) is 9.27. The molecule has 0 aliphatic heterocycles. The first-order valence-electron chi connectivity index (χ1n) is 5.53. The molecule has 0 aliphatic rings. The molecule has 0 heterocycles. The van der Waals surface area contributed by atoms with Crippen molar-refractivity contribution in [2.24, 2.45) is 0 Å². The minimum Gasteiger partial charge on any atom is -0.0985 e. The quantitative estimate of drug-likeness (QED) is 0.535. The van der Waals surface area contributed by atoms with E-state index in [4.69, 9.17) is 0 Å². The lowest BCUT2D eigenvalue weighted by molar-refractivity contribution is 1.50. The van der Waals surface area contributed by atoms with Crippen LogP contribution in [0.4, 0.5) is 0 Å². The summed E-state index contributed by atoms with van der Waals surface area (Å²) >= 11 is 0. The van der Waals surface area contributed by atoms with Crippen molar-refractivity contribution in [1.29, 1.82) is 0 Å². The van der Waals surface area contributed by atoms with Crippen LogP contribution in [-0.2, 0) is 0 Å². The minimum absolute atomic E-state index is 0.901. The summed E-state index contributed by atoms with van der Waals surface area (Å²) < 4.78 is 0. The molecule has 0 rings (SSSR count). The van der Waals surface area contributed by atoms with Crippen molar-refractivity contribution in [2.75, 3.05) is 0 Å². The smallest absolute Gasteiger partial charge is 0.0196 e. The minimum atomic E-state index is 0.901. The molecule has 0 unspecified atom stereocenters. The van der Waals surface area contributed by atoms with Crippen molar-refractivity contribution in [1.82, 2.24) is 0 Å². The maximum Gasteiger partial charge on any atom is -0.0196 e. The molecule has 0 aromatic rings. The highest BCUT2D eigenvalue weighted by Gasteiger charge is 1.89. The van der Waals surface area contributed by atoms with Gasteiger partial charge < -0.3 is 0 Å². The second-order valence-electron chi connectivity index (χ2n) is 2.08. The van der Waals surface area contributed by atoms with Crippen molar-refractivity contribution in [2.45, 2.75) is 34.6 Å². The molecule has 15 heavy (non-hydrogen) atoms. The Morgan fingerprint density at radius 1 is 0.933 bits per heavy atom. The van der Waals surface area contributed by atoms with E-state index in [1.165, 1.54) is 0 Å². The molecular weight excluding hydrogens is 180 g/mol. The van der Waals surface area contributed by atoms with Gasteiger partial charge in [0.05, 0.1) is 0 Å². The van der Waals surface area contributed by atoms with Crippen LogP contribution in [-0.4, -0.2) is 0 Å². The van der Waals surface area contributed by atoms with Crippen molar-refractivity contribution < 1.29 is 0 Å². The van der Waals surface area contributed by atoms with Gasteiger partial charge in [0.15, 0.2) is 0 Å². The molecular formula is C15H26. The van der Waals surface area contributed by atoms with Crippen LogP contribution in [0, 0.1) is 0 Å². The number of allylic oxidation sites excluding steroid dienone is 7. The molecule has 0 nitrogen and oxygen atoms in total. The largest absolute Gasteiger partial charge is 0.0985 e. The topological polar surface area (TPSA) is 0 Å². The lowest BCUT2D eigenvalue weighted by atomic mass is 10.1. The summed E-state index contributed by atoms with van der Waals surface area (Å²) in [5.41, 5.74) is 1.91. The summed E-state index contributed by atoms with van der Waals surface area (Å²) in [5.74, 6) is 0. The van der Waals surface area contributed by atoms with E-state index in [0.717, 1.165) is 11.1 Å². The summed E-state index contributed by atoms with van der Waals surface area (Å²) in [5, 5.41) is 0. The zero-order valence-electron chi connectivity index (χ0n) is 11.0. The van der Waals surface area contributed by atoms with Crippen LogP contribution in [0.3, 0.4) is 0 Å². The van der Waals surface area contributed by atoms with Gasteiger partial charge >= 0.3 is 0 Å². The van der Waals surface area contributed by atoms with Gasteiger partial charge in [0, 0.05) is 0 Å². The second-order valence-corrected chi connectivity index (χ2v) is 2.08. The van der Waals surface area contributed by atoms with E-state index in [1.54, 1.807) is 12.2 Å². The predicted molar refractivity (Wildman–Crippen MR) is 75.1 cm³/mol. The fraction of sp³-hybridized carbons (Fsp3) is 0.333. The Morgan fingerprint density at radius 3 is 1.67 bits per heavy atom. The van der Waals surface area contributed by atoms with Crippen LogP contribution in [0.15, 0.2) is 61.3 Å². The first-order valence-corrected chi connectivity index (χ1v) is 5.53. The molecule has 0 aliphatic carbocycles. The van der Waals surface area contributed by atoms with Crippen LogP contribution in [0.25, 0.3) is 0 Å². The molecule has 0 saturated carbocycles. The highest BCUT2D eigenvalue weighted by Crippen LogP contribution is 2.09. The van der Waals surface area contributed by atoms with E-state index in [2.05, 4.69) is 19.7 Å². The van der Waals surface area contributed by atoms with Gasteiger partial charge in [0.2, 0.25) is 0 Å². The maximum absolute atomic E-state index is 3.81. The summed E-state index contributed by atoms with van der Waals surface area (Å²) in [7, 11) is 0. The third kappa shape index (κ3) is 12.7. The van der Waals surface area contributed by atoms with E-state index < -0.39 is 0 Å². The summed E-state index contributed by atoms with van der Waals surface area (Å²) in [4.78, 5) is 0. The Bertz CT molecular complexity index is 214. The van der Waals surface area contributed by atoms with Gasteiger partial charge in [-0.3, -0.25) is 0 Å². The Balaban J connectivity index is -0.000000318. The SMILES string of the molecule is C=CC(=C)/C(C=C)=C\C=C/C.CC.CC. The zero-order valence-corrected chi connectivity index (χ0v) is 11.0. The van der Waals surface area contributed by atoms with E-state index in [9.17, 15) is 0 Å². The lowest BCUT2D eigenvalue weighted by Gasteiger charge is -1.97. The molecule has 0 radical (unpaired) electrons. The molecule has 0 spiro atoms. The second kappa shape index (κ2) is 18.5. The molecule has 0 saturated heterocycles.